The van der Waals surface area contributed by atoms with Crippen molar-refractivity contribution in [3.63, 3.8) is 0 Å². The summed E-state index contributed by atoms with van der Waals surface area (Å²) in [6, 6.07) is 0. The van der Waals surface area contributed by atoms with Gasteiger partial charge in [0.1, 0.15) is 5.82 Å². The van der Waals surface area contributed by atoms with Crippen molar-refractivity contribution in [1.29, 1.82) is 0 Å². The molecule has 1 unspecified atom stereocenters. The number of hydrogen-bond acceptors (Lipinski definition) is 4. The van der Waals surface area contributed by atoms with E-state index in [1.165, 1.54) is 0 Å². The van der Waals surface area contributed by atoms with Crippen molar-refractivity contribution in [3.05, 3.63) is 6.20 Å². The van der Waals surface area contributed by atoms with Crippen molar-refractivity contribution >= 4 is 11.5 Å². The average Bonchev–Trinajstić information content (AvgIpc) is 2.32. The van der Waals surface area contributed by atoms with E-state index in [4.69, 9.17) is 17.2 Å². The Bertz CT molecular complexity index is 323. The largest absolute Gasteiger partial charge is 0.394 e. The Morgan fingerprint density at radius 1 is 1.47 bits per heavy atom. The van der Waals surface area contributed by atoms with E-state index in [2.05, 4.69) is 12.0 Å². The van der Waals surface area contributed by atoms with Crippen molar-refractivity contribution < 1.29 is 0 Å². The fourth-order valence-corrected chi connectivity index (χ4v) is 1.81. The molecule has 6 N–H and O–H groups in total. The highest BCUT2D eigenvalue weighted by Gasteiger charge is 2.17. The minimum absolute atomic E-state index is 0.160. The lowest BCUT2D eigenvalue weighted by Crippen LogP contribution is -2.34. The quantitative estimate of drug-likeness (QED) is 0.686. The van der Waals surface area contributed by atoms with Crippen LogP contribution in [0.1, 0.15) is 27.2 Å². The highest BCUT2D eigenvalue weighted by Crippen LogP contribution is 2.19. The van der Waals surface area contributed by atoms with Crippen LogP contribution in [0, 0.1) is 5.92 Å². The average molecular weight is 211 g/mol. The van der Waals surface area contributed by atoms with Gasteiger partial charge >= 0.3 is 0 Å². The minimum atomic E-state index is -0.160. The first-order valence-corrected chi connectivity index (χ1v) is 5.15. The van der Waals surface area contributed by atoms with Crippen molar-refractivity contribution in [1.82, 2.24) is 9.78 Å². The van der Waals surface area contributed by atoms with Gasteiger partial charge < -0.3 is 17.2 Å². The highest BCUT2D eigenvalue weighted by molar-refractivity contribution is 5.56. The third-order valence-electron chi connectivity index (χ3n) is 2.27. The zero-order valence-corrected chi connectivity index (χ0v) is 9.70. The van der Waals surface area contributed by atoms with Crippen LogP contribution >= 0.6 is 0 Å². The number of nitrogen functional groups attached to an aromatic ring is 2. The SMILES string of the molecule is CC(Cn1ncc(N)c1N)CC(C)(C)N. The van der Waals surface area contributed by atoms with Gasteiger partial charge in [0, 0.05) is 12.1 Å². The van der Waals surface area contributed by atoms with Crippen LogP contribution < -0.4 is 17.2 Å². The van der Waals surface area contributed by atoms with Gasteiger partial charge in [-0.2, -0.15) is 5.10 Å². The van der Waals surface area contributed by atoms with E-state index in [1.54, 1.807) is 10.9 Å². The Balaban J connectivity index is 2.59. The summed E-state index contributed by atoms with van der Waals surface area (Å²) in [6.45, 7) is 6.92. The molecule has 0 amide bonds. The van der Waals surface area contributed by atoms with Gasteiger partial charge in [-0.05, 0) is 26.2 Å². The summed E-state index contributed by atoms with van der Waals surface area (Å²) in [7, 11) is 0. The lowest BCUT2D eigenvalue weighted by molar-refractivity contribution is 0.338. The number of anilines is 2. The zero-order valence-electron chi connectivity index (χ0n) is 9.70. The predicted molar refractivity (Wildman–Crippen MR) is 63.1 cm³/mol. The van der Waals surface area contributed by atoms with Gasteiger partial charge in [0.25, 0.3) is 0 Å². The molecule has 0 aliphatic rings. The zero-order chi connectivity index (χ0) is 11.6. The van der Waals surface area contributed by atoms with Crippen LogP contribution in [0.15, 0.2) is 6.20 Å². The van der Waals surface area contributed by atoms with Gasteiger partial charge in [-0.1, -0.05) is 6.92 Å². The molecule has 5 nitrogen and oxygen atoms in total. The maximum absolute atomic E-state index is 5.95. The third kappa shape index (κ3) is 3.43. The molecule has 0 aliphatic carbocycles. The minimum Gasteiger partial charge on any atom is -0.394 e. The van der Waals surface area contributed by atoms with Crippen LogP contribution in [-0.2, 0) is 6.54 Å². The fourth-order valence-electron chi connectivity index (χ4n) is 1.81. The van der Waals surface area contributed by atoms with Gasteiger partial charge in [0.2, 0.25) is 0 Å². The third-order valence-corrected chi connectivity index (χ3v) is 2.27. The standard InChI is InChI=1S/C10H21N5/c1-7(4-10(2,3)13)6-15-9(12)8(11)5-14-15/h5,7H,4,6,11-13H2,1-3H3. The molecule has 1 aromatic heterocycles. The molecule has 86 valence electrons. The maximum atomic E-state index is 5.95. The molecule has 0 radical (unpaired) electrons. The van der Waals surface area contributed by atoms with E-state index in [1.807, 2.05) is 13.8 Å². The molecule has 5 heteroatoms. The summed E-state index contributed by atoms with van der Waals surface area (Å²) < 4.78 is 1.73. The summed E-state index contributed by atoms with van der Waals surface area (Å²) in [4.78, 5) is 0. The van der Waals surface area contributed by atoms with Crippen molar-refractivity contribution in [2.75, 3.05) is 11.5 Å². The molecule has 1 heterocycles. The first kappa shape index (κ1) is 11.8. The number of nitrogens with two attached hydrogens (primary N) is 3. The van der Waals surface area contributed by atoms with Crippen LogP contribution in [-0.4, -0.2) is 15.3 Å². The van der Waals surface area contributed by atoms with Crippen molar-refractivity contribution in [2.24, 2.45) is 11.7 Å². The molecule has 0 saturated heterocycles. The van der Waals surface area contributed by atoms with E-state index < -0.39 is 0 Å². The summed E-state index contributed by atoms with van der Waals surface area (Å²) >= 11 is 0. The summed E-state index contributed by atoms with van der Waals surface area (Å²) in [6.07, 6.45) is 2.50. The van der Waals surface area contributed by atoms with Crippen molar-refractivity contribution in [3.8, 4) is 0 Å². The van der Waals surface area contributed by atoms with E-state index in [0.29, 0.717) is 17.4 Å². The van der Waals surface area contributed by atoms with Gasteiger partial charge in [-0.15, -0.1) is 0 Å². The molecule has 1 atom stereocenters. The molecular weight excluding hydrogens is 190 g/mol. The first-order chi connectivity index (χ1) is 6.79. The Hall–Kier alpha value is -1.23. The van der Waals surface area contributed by atoms with Gasteiger partial charge in [0.15, 0.2) is 0 Å². The topological polar surface area (TPSA) is 95.9 Å². The lowest BCUT2D eigenvalue weighted by Gasteiger charge is -2.23. The Labute approximate surface area is 90.6 Å². The number of aromatic nitrogens is 2. The van der Waals surface area contributed by atoms with E-state index >= 15 is 0 Å². The molecule has 0 fully saturated rings. The van der Waals surface area contributed by atoms with Crippen LogP contribution in [0.25, 0.3) is 0 Å². The van der Waals surface area contributed by atoms with Gasteiger partial charge in [0.05, 0.1) is 11.9 Å². The molecule has 15 heavy (non-hydrogen) atoms. The van der Waals surface area contributed by atoms with Crippen LogP contribution in [0.4, 0.5) is 11.5 Å². The molecule has 0 saturated carbocycles. The van der Waals surface area contributed by atoms with Crippen LogP contribution in [0.2, 0.25) is 0 Å². The lowest BCUT2D eigenvalue weighted by atomic mass is 9.93. The number of nitrogens with zero attached hydrogens (tertiary/aromatic N) is 2. The summed E-state index contributed by atoms with van der Waals surface area (Å²) in [5, 5.41) is 4.11. The summed E-state index contributed by atoms with van der Waals surface area (Å²) in [5.41, 5.74) is 17.7. The normalized spacial score (nSPS) is 14.1. The van der Waals surface area contributed by atoms with Crippen molar-refractivity contribution in [2.45, 2.75) is 39.3 Å². The van der Waals surface area contributed by atoms with Gasteiger partial charge in [-0.25, -0.2) is 4.68 Å². The molecule has 1 rings (SSSR count). The second kappa shape index (κ2) is 4.10. The van der Waals surface area contributed by atoms with E-state index in [0.717, 1.165) is 13.0 Å². The predicted octanol–water partition coefficient (Wildman–Crippen LogP) is 0.811. The molecule has 1 aromatic rings. The number of rotatable bonds is 4. The van der Waals surface area contributed by atoms with Gasteiger partial charge in [-0.3, -0.25) is 0 Å². The second-order valence-electron chi connectivity index (χ2n) is 4.97. The fraction of sp³-hybridized carbons (Fsp3) is 0.700. The maximum Gasteiger partial charge on any atom is 0.145 e. The van der Waals surface area contributed by atoms with E-state index in [9.17, 15) is 0 Å². The molecule has 0 aliphatic heterocycles. The Morgan fingerprint density at radius 2 is 2.07 bits per heavy atom. The Morgan fingerprint density at radius 3 is 2.47 bits per heavy atom. The first-order valence-electron chi connectivity index (χ1n) is 5.15. The molecule has 0 bridgehead atoms. The molecule has 0 aromatic carbocycles. The highest BCUT2D eigenvalue weighted by atomic mass is 15.3. The Kier molecular flexibility index (Phi) is 3.24. The molecule has 0 spiro atoms. The summed E-state index contributed by atoms with van der Waals surface area (Å²) in [5.74, 6) is 0.961. The monoisotopic (exact) mass is 211 g/mol. The second-order valence-corrected chi connectivity index (χ2v) is 4.97. The molecular formula is C10H21N5. The van der Waals surface area contributed by atoms with Crippen LogP contribution in [0.3, 0.4) is 0 Å². The van der Waals surface area contributed by atoms with Crippen LogP contribution in [0.5, 0.6) is 0 Å². The van der Waals surface area contributed by atoms with E-state index in [-0.39, 0.29) is 5.54 Å². The smallest absolute Gasteiger partial charge is 0.145 e. The number of hydrogen-bond donors (Lipinski definition) is 3.